The van der Waals surface area contributed by atoms with Crippen molar-refractivity contribution in [1.29, 1.82) is 0 Å². The molecule has 0 atom stereocenters. The van der Waals surface area contributed by atoms with Crippen LogP contribution < -0.4 is 16.4 Å². The summed E-state index contributed by atoms with van der Waals surface area (Å²) >= 11 is 0. The molecule has 6 rings (SSSR count). The molecule has 0 unspecified atom stereocenters. The fourth-order valence-electron chi connectivity index (χ4n) is 5.02. The lowest BCUT2D eigenvalue weighted by atomic mass is 9.99. The number of oxazole rings is 1. The number of aromatic nitrogens is 4. The lowest BCUT2D eigenvalue weighted by Crippen LogP contribution is -2.36. The van der Waals surface area contributed by atoms with E-state index in [-0.39, 0.29) is 11.5 Å². The highest BCUT2D eigenvalue weighted by molar-refractivity contribution is 6.01. The van der Waals surface area contributed by atoms with E-state index in [1.165, 1.54) is 12.7 Å². The maximum Gasteiger partial charge on any atom is 0.416 e. The van der Waals surface area contributed by atoms with E-state index in [2.05, 4.69) is 30.6 Å². The van der Waals surface area contributed by atoms with Crippen LogP contribution in [0.1, 0.15) is 11.3 Å². The fraction of sp³-hybridized carbons (Fsp3) is 0.214. The number of nitrogen functional groups attached to an aromatic ring is 1. The molecule has 0 aliphatic carbocycles. The monoisotopic (exact) mass is 596 g/mol. The van der Waals surface area contributed by atoms with Crippen LogP contribution in [0.3, 0.4) is 0 Å². The first-order chi connectivity index (χ1) is 20.7. The summed E-state index contributed by atoms with van der Waals surface area (Å²) in [5, 5.41) is 9.27. The molecule has 0 spiro atoms. The van der Waals surface area contributed by atoms with Crippen molar-refractivity contribution in [3.63, 3.8) is 0 Å². The van der Waals surface area contributed by atoms with E-state index in [1.807, 2.05) is 0 Å². The predicted molar refractivity (Wildman–Crippen MR) is 148 cm³/mol. The van der Waals surface area contributed by atoms with E-state index in [4.69, 9.17) is 14.9 Å². The average molecular weight is 597 g/mol. The second-order valence-corrected chi connectivity index (χ2v) is 9.74. The van der Waals surface area contributed by atoms with E-state index in [9.17, 15) is 22.4 Å². The van der Waals surface area contributed by atoms with Crippen molar-refractivity contribution in [1.82, 2.24) is 24.5 Å². The van der Waals surface area contributed by atoms with Crippen LogP contribution >= 0.6 is 0 Å². The summed E-state index contributed by atoms with van der Waals surface area (Å²) in [6, 6.07) is 7.63. The van der Waals surface area contributed by atoms with Crippen LogP contribution in [0.15, 0.2) is 65.8 Å². The van der Waals surface area contributed by atoms with Crippen LogP contribution in [-0.4, -0.2) is 56.8 Å². The Labute approximate surface area is 241 Å². The summed E-state index contributed by atoms with van der Waals surface area (Å²) in [5.41, 5.74) is 8.61. The molecule has 3 aromatic heterocycles. The van der Waals surface area contributed by atoms with Gasteiger partial charge in [0.1, 0.15) is 17.7 Å². The van der Waals surface area contributed by atoms with Crippen molar-refractivity contribution in [2.75, 3.05) is 42.7 Å². The maximum atomic E-state index is 13.7. The molecule has 2 aromatic carbocycles. The number of carbonyl (C=O) groups excluding carboxylic acids is 1. The van der Waals surface area contributed by atoms with E-state index in [0.29, 0.717) is 60.0 Å². The Hall–Kier alpha value is -5.02. The van der Waals surface area contributed by atoms with E-state index in [1.54, 1.807) is 35.0 Å². The molecule has 1 aliphatic rings. The lowest BCUT2D eigenvalue weighted by molar-refractivity contribution is -0.137. The van der Waals surface area contributed by atoms with Gasteiger partial charge in [-0.3, -0.25) is 4.90 Å². The minimum Gasteiger partial charge on any atom is -0.443 e. The van der Waals surface area contributed by atoms with Gasteiger partial charge in [0.25, 0.3) is 0 Å². The highest BCUT2D eigenvalue weighted by Crippen LogP contribution is 2.42. The summed E-state index contributed by atoms with van der Waals surface area (Å²) < 4.78 is 65.8. The van der Waals surface area contributed by atoms with Gasteiger partial charge in [-0.1, -0.05) is 12.1 Å². The number of hydrogen-bond acceptors (Lipinski definition) is 8. The summed E-state index contributed by atoms with van der Waals surface area (Å²) in [5.74, 6) is -0.389. The minimum absolute atomic E-state index is 0.244. The van der Waals surface area contributed by atoms with Gasteiger partial charge in [0.05, 0.1) is 36.2 Å². The van der Waals surface area contributed by atoms with Gasteiger partial charge in [0, 0.05) is 36.6 Å². The molecule has 43 heavy (non-hydrogen) atoms. The van der Waals surface area contributed by atoms with Crippen LogP contribution in [0.2, 0.25) is 0 Å². The molecule has 15 heteroatoms. The zero-order valence-corrected chi connectivity index (χ0v) is 22.4. The SMILES string of the molecule is Nc1ncnn2c(CN3CCOCC3)c(-c3cnco3)c(-c3ccc(NC(=O)Nc4cc(F)cc(C(F)(F)F)c4)cc3)c12. The molecule has 1 fully saturated rings. The number of anilines is 3. The number of nitrogens with two attached hydrogens (primary N) is 1. The highest BCUT2D eigenvalue weighted by atomic mass is 19.4. The van der Waals surface area contributed by atoms with Gasteiger partial charge in [-0.2, -0.15) is 18.3 Å². The number of fused-ring (bicyclic) bond motifs is 1. The third-order valence-electron chi connectivity index (χ3n) is 6.92. The van der Waals surface area contributed by atoms with Crippen molar-refractivity contribution in [2.24, 2.45) is 0 Å². The molecule has 11 nitrogen and oxygen atoms in total. The maximum absolute atomic E-state index is 13.7. The average Bonchev–Trinajstić information content (AvgIpc) is 3.61. The van der Waals surface area contributed by atoms with Gasteiger partial charge in [-0.05, 0) is 35.9 Å². The second kappa shape index (κ2) is 11.3. The number of benzene rings is 2. The van der Waals surface area contributed by atoms with Crippen LogP contribution in [0.5, 0.6) is 0 Å². The molecule has 4 heterocycles. The number of alkyl halides is 3. The number of nitrogens with zero attached hydrogens (tertiary/aromatic N) is 5. The van der Waals surface area contributed by atoms with Crippen molar-refractivity contribution >= 4 is 28.7 Å². The Morgan fingerprint density at radius 3 is 2.47 bits per heavy atom. The number of rotatable bonds is 6. The van der Waals surface area contributed by atoms with Gasteiger partial charge >= 0.3 is 12.2 Å². The fourth-order valence-corrected chi connectivity index (χ4v) is 5.02. The standard InChI is InChI=1S/C28H24F4N8O3/c29-18-9-17(28(30,31)32)10-20(11-18)38-27(41)37-19-3-1-16(2-4-19)23-24(22-12-34-15-43-22)21(13-39-5-7-42-8-6-39)40-25(23)26(33)35-14-36-40/h1-4,9-12,14-15H,5-8,13H2,(H2,33,35,36)(H2,37,38,41). The number of halogens is 4. The predicted octanol–water partition coefficient (Wildman–Crippen LogP) is 5.27. The first-order valence-electron chi connectivity index (χ1n) is 13.1. The van der Waals surface area contributed by atoms with E-state index in [0.717, 1.165) is 30.4 Å². The topological polar surface area (TPSA) is 136 Å². The molecule has 5 aromatic rings. The Balaban J connectivity index is 1.32. The molecular formula is C28H24F4N8O3. The van der Waals surface area contributed by atoms with Crippen molar-refractivity contribution in [3.05, 3.63) is 78.5 Å². The Morgan fingerprint density at radius 2 is 1.77 bits per heavy atom. The molecular weight excluding hydrogens is 572 g/mol. The molecule has 1 saturated heterocycles. The lowest BCUT2D eigenvalue weighted by Gasteiger charge is -2.26. The van der Waals surface area contributed by atoms with Gasteiger partial charge < -0.3 is 25.5 Å². The zero-order valence-electron chi connectivity index (χ0n) is 22.4. The summed E-state index contributed by atoms with van der Waals surface area (Å²) in [6.07, 6.45) is -0.464. The number of carbonyl (C=O) groups is 1. The number of nitrogens with one attached hydrogen (secondary N) is 2. The van der Waals surface area contributed by atoms with Crippen molar-refractivity contribution < 1.29 is 31.5 Å². The second-order valence-electron chi connectivity index (χ2n) is 9.74. The molecule has 0 bridgehead atoms. The number of morpholine rings is 1. The summed E-state index contributed by atoms with van der Waals surface area (Å²) in [7, 11) is 0. The van der Waals surface area contributed by atoms with Crippen LogP contribution in [0.25, 0.3) is 28.0 Å². The van der Waals surface area contributed by atoms with Crippen LogP contribution in [-0.2, 0) is 17.5 Å². The third-order valence-corrected chi connectivity index (χ3v) is 6.92. The number of hydrogen-bond donors (Lipinski definition) is 3. The van der Waals surface area contributed by atoms with Crippen molar-refractivity contribution in [3.8, 4) is 22.5 Å². The summed E-state index contributed by atoms with van der Waals surface area (Å²) in [4.78, 5) is 23.1. The molecule has 4 N–H and O–H groups in total. The Bertz CT molecular complexity index is 1770. The first kappa shape index (κ1) is 28.1. The summed E-state index contributed by atoms with van der Waals surface area (Å²) in [6.45, 7) is 3.20. The molecule has 1 aliphatic heterocycles. The normalized spacial score (nSPS) is 14.2. The first-order valence-corrected chi connectivity index (χ1v) is 13.1. The van der Waals surface area contributed by atoms with Crippen LogP contribution in [0, 0.1) is 5.82 Å². The highest BCUT2D eigenvalue weighted by Gasteiger charge is 2.32. The van der Waals surface area contributed by atoms with E-state index >= 15 is 0 Å². The molecule has 222 valence electrons. The van der Waals surface area contributed by atoms with Gasteiger partial charge in [-0.25, -0.2) is 23.7 Å². The quantitative estimate of drug-likeness (QED) is 0.226. The molecule has 0 radical (unpaired) electrons. The number of urea groups is 1. The number of amides is 2. The zero-order chi connectivity index (χ0) is 30.1. The van der Waals surface area contributed by atoms with Gasteiger partial charge in [0.15, 0.2) is 18.0 Å². The number of ether oxygens (including phenoxy) is 1. The largest absolute Gasteiger partial charge is 0.443 e. The third kappa shape index (κ3) is 5.85. The minimum atomic E-state index is -4.77. The molecule has 0 saturated carbocycles. The van der Waals surface area contributed by atoms with Crippen molar-refractivity contribution in [2.45, 2.75) is 12.7 Å². The van der Waals surface area contributed by atoms with Gasteiger partial charge in [0.2, 0.25) is 0 Å². The van der Waals surface area contributed by atoms with Crippen LogP contribution in [0.4, 0.5) is 39.5 Å². The smallest absolute Gasteiger partial charge is 0.416 e. The van der Waals surface area contributed by atoms with Gasteiger partial charge in [-0.15, -0.1) is 0 Å². The Morgan fingerprint density at radius 1 is 1.02 bits per heavy atom. The Kier molecular flexibility index (Phi) is 7.41. The molecule has 2 amide bonds. The van der Waals surface area contributed by atoms with E-state index < -0.39 is 23.6 Å².